The third-order valence-electron chi connectivity index (χ3n) is 4.43. The molecule has 25 heavy (non-hydrogen) atoms. The van der Waals surface area contributed by atoms with Crippen molar-refractivity contribution in [2.45, 2.75) is 26.2 Å². The summed E-state index contributed by atoms with van der Waals surface area (Å²) in [6.07, 6.45) is 8.13. The Balaban J connectivity index is 0.00000156. The monoisotopic (exact) mass is 385 g/mol. The number of hydrogen-bond acceptors (Lipinski definition) is 4. The first kappa shape index (κ1) is 21.4. The number of pyridine rings is 1. The fourth-order valence-electron chi connectivity index (χ4n) is 3.10. The van der Waals surface area contributed by atoms with Crippen LogP contribution >= 0.6 is 24.8 Å². The van der Waals surface area contributed by atoms with Crippen LogP contribution in [-0.2, 0) is 4.79 Å². The lowest BCUT2D eigenvalue weighted by Gasteiger charge is -2.28. The van der Waals surface area contributed by atoms with Gasteiger partial charge in [-0.1, -0.05) is 6.92 Å². The van der Waals surface area contributed by atoms with Crippen molar-refractivity contribution in [3.63, 3.8) is 0 Å². The summed E-state index contributed by atoms with van der Waals surface area (Å²) in [6.45, 7) is 4.27. The van der Waals surface area contributed by atoms with Gasteiger partial charge in [0.2, 0.25) is 5.91 Å². The molecule has 0 radical (unpaired) electrons. The number of nitrogens with zero attached hydrogens (tertiary/aromatic N) is 3. The number of rotatable bonds is 5. The molecule has 2 atom stereocenters. The summed E-state index contributed by atoms with van der Waals surface area (Å²) < 4.78 is 1.66. The number of aromatic nitrogens is 3. The Labute approximate surface area is 160 Å². The molecule has 0 bridgehead atoms. The Morgan fingerprint density at radius 3 is 2.92 bits per heavy atom. The Kier molecular flexibility index (Phi) is 8.89. The molecule has 2 N–H and O–H groups in total. The average Bonchev–Trinajstić information content (AvgIpc) is 3.10. The minimum absolute atomic E-state index is 0. The van der Waals surface area contributed by atoms with Gasteiger partial charge in [0.1, 0.15) is 0 Å². The van der Waals surface area contributed by atoms with Gasteiger partial charge in [0.05, 0.1) is 5.69 Å². The number of carbonyl (C=O) groups is 1. The molecule has 3 heterocycles. The van der Waals surface area contributed by atoms with Crippen LogP contribution in [0.25, 0.3) is 5.82 Å². The van der Waals surface area contributed by atoms with Crippen LogP contribution in [-0.4, -0.2) is 33.8 Å². The van der Waals surface area contributed by atoms with E-state index in [1.165, 1.54) is 12.8 Å². The number of carbonyl (C=O) groups excluding carboxylic acids is 1. The SMILES string of the molecule is CC(CC(=O)Nc1cccnc1-n1cccn1)C1CCCNC1.Cl.Cl. The highest BCUT2D eigenvalue weighted by atomic mass is 35.5. The molecule has 0 aromatic carbocycles. The van der Waals surface area contributed by atoms with Crippen molar-refractivity contribution in [1.29, 1.82) is 0 Å². The summed E-state index contributed by atoms with van der Waals surface area (Å²) in [7, 11) is 0. The van der Waals surface area contributed by atoms with Gasteiger partial charge in [-0.3, -0.25) is 4.79 Å². The van der Waals surface area contributed by atoms with Crippen molar-refractivity contribution in [1.82, 2.24) is 20.1 Å². The van der Waals surface area contributed by atoms with Crippen LogP contribution < -0.4 is 10.6 Å². The van der Waals surface area contributed by atoms with Gasteiger partial charge >= 0.3 is 0 Å². The second kappa shape index (κ2) is 10.4. The van der Waals surface area contributed by atoms with E-state index in [4.69, 9.17) is 0 Å². The number of hydrogen-bond donors (Lipinski definition) is 2. The maximum atomic E-state index is 12.4. The number of halogens is 2. The molecule has 1 aliphatic heterocycles. The van der Waals surface area contributed by atoms with E-state index in [-0.39, 0.29) is 30.7 Å². The van der Waals surface area contributed by atoms with Crippen molar-refractivity contribution in [3.8, 4) is 5.82 Å². The average molecular weight is 386 g/mol. The lowest BCUT2D eigenvalue weighted by atomic mass is 9.85. The molecule has 8 heteroatoms. The molecular formula is C17H25Cl2N5O. The Bertz CT molecular complexity index is 644. The van der Waals surface area contributed by atoms with Gasteiger partial charge in [-0.2, -0.15) is 5.10 Å². The Hall–Kier alpha value is -1.63. The standard InChI is InChI=1S/C17H23N5O.2ClH/c1-13(14-5-2-7-18-12-14)11-16(23)21-15-6-3-8-19-17(15)22-10-4-9-20-22;;/h3-4,6,8-10,13-14,18H,2,5,7,11-12H2,1H3,(H,21,23);2*1H. The van der Waals surface area contributed by atoms with Crippen molar-refractivity contribution in [2.24, 2.45) is 11.8 Å². The van der Waals surface area contributed by atoms with E-state index < -0.39 is 0 Å². The minimum atomic E-state index is 0. The van der Waals surface area contributed by atoms with Crippen LogP contribution in [0.5, 0.6) is 0 Å². The van der Waals surface area contributed by atoms with E-state index in [0.29, 0.717) is 29.8 Å². The van der Waals surface area contributed by atoms with E-state index in [1.807, 2.05) is 24.4 Å². The molecule has 3 rings (SSSR count). The largest absolute Gasteiger partial charge is 0.323 e. The van der Waals surface area contributed by atoms with E-state index in [1.54, 1.807) is 17.1 Å². The summed E-state index contributed by atoms with van der Waals surface area (Å²) >= 11 is 0. The maximum absolute atomic E-state index is 12.4. The second-order valence-corrected chi connectivity index (χ2v) is 6.16. The minimum Gasteiger partial charge on any atom is -0.323 e. The Morgan fingerprint density at radius 1 is 1.40 bits per heavy atom. The smallest absolute Gasteiger partial charge is 0.224 e. The van der Waals surface area contributed by atoms with Crippen LogP contribution in [0.3, 0.4) is 0 Å². The number of anilines is 1. The summed E-state index contributed by atoms with van der Waals surface area (Å²) in [5.41, 5.74) is 0.690. The highest BCUT2D eigenvalue weighted by molar-refractivity contribution is 5.92. The lowest BCUT2D eigenvalue weighted by Crippen LogP contribution is -2.34. The highest BCUT2D eigenvalue weighted by Gasteiger charge is 2.22. The molecular weight excluding hydrogens is 361 g/mol. The summed E-state index contributed by atoms with van der Waals surface area (Å²) in [5, 5.41) is 10.6. The molecule has 1 amide bonds. The fourth-order valence-corrected chi connectivity index (χ4v) is 3.10. The second-order valence-electron chi connectivity index (χ2n) is 6.16. The number of amides is 1. The predicted molar refractivity (Wildman–Crippen MR) is 104 cm³/mol. The van der Waals surface area contributed by atoms with Crippen LogP contribution in [0.15, 0.2) is 36.8 Å². The molecule has 1 fully saturated rings. The van der Waals surface area contributed by atoms with Crippen molar-refractivity contribution in [2.75, 3.05) is 18.4 Å². The number of nitrogens with one attached hydrogen (secondary N) is 2. The van der Waals surface area contributed by atoms with Gasteiger partial charge in [0, 0.05) is 25.0 Å². The molecule has 2 aromatic heterocycles. The van der Waals surface area contributed by atoms with Gasteiger partial charge in [-0.05, 0) is 56.0 Å². The zero-order valence-corrected chi connectivity index (χ0v) is 15.9. The first-order valence-corrected chi connectivity index (χ1v) is 8.19. The van der Waals surface area contributed by atoms with E-state index in [0.717, 1.165) is 13.1 Å². The van der Waals surface area contributed by atoms with Crippen LogP contribution in [0.2, 0.25) is 0 Å². The van der Waals surface area contributed by atoms with Crippen LogP contribution in [0.1, 0.15) is 26.2 Å². The van der Waals surface area contributed by atoms with Crippen molar-refractivity contribution >= 4 is 36.4 Å². The third kappa shape index (κ3) is 5.70. The molecule has 138 valence electrons. The molecule has 0 spiro atoms. The Morgan fingerprint density at radius 2 is 2.24 bits per heavy atom. The quantitative estimate of drug-likeness (QED) is 0.829. The van der Waals surface area contributed by atoms with Crippen LogP contribution in [0.4, 0.5) is 5.69 Å². The summed E-state index contributed by atoms with van der Waals surface area (Å²) in [5.74, 6) is 1.61. The van der Waals surface area contributed by atoms with Gasteiger partial charge in [0.15, 0.2) is 5.82 Å². The third-order valence-corrected chi connectivity index (χ3v) is 4.43. The fraction of sp³-hybridized carbons (Fsp3) is 0.471. The first-order chi connectivity index (χ1) is 11.2. The van der Waals surface area contributed by atoms with Gasteiger partial charge in [-0.25, -0.2) is 9.67 Å². The highest BCUT2D eigenvalue weighted by Crippen LogP contribution is 2.23. The maximum Gasteiger partial charge on any atom is 0.224 e. The normalized spacial score (nSPS) is 17.7. The van der Waals surface area contributed by atoms with Crippen molar-refractivity contribution < 1.29 is 4.79 Å². The van der Waals surface area contributed by atoms with Gasteiger partial charge < -0.3 is 10.6 Å². The van der Waals surface area contributed by atoms with Gasteiger partial charge in [0.25, 0.3) is 0 Å². The van der Waals surface area contributed by atoms with Gasteiger partial charge in [-0.15, -0.1) is 24.8 Å². The molecule has 1 aliphatic rings. The summed E-state index contributed by atoms with van der Waals surface area (Å²) in [4.78, 5) is 16.7. The van der Waals surface area contributed by atoms with E-state index >= 15 is 0 Å². The van der Waals surface area contributed by atoms with E-state index in [9.17, 15) is 4.79 Å². The van der Waals surface area contributed by atoms with Crippen molar-refractivity contribution in [3.05, 3.63) is 36.8 Å². The lowest BCUT2D eigenvalue weighted by molar-refractivity contribution is -0.117. The molecule has 6 nitrogen and oxygen atoms in total. The first-order valence-electron chi connectivity index (χ1n) is 8.19. The molecule has 0 saturated carbocycles. The molecule has 1 saturated heterocycles. The molecule has 2 unspecified atom stereocenters. The zero-order chi connectivity index (χ0) is 16.1. The molecule has 2 aromatic rings. The molecule has 0 aliphatic carbocycles. The van der Waals surface area contributed by atoms with E-state index in [2.05, 4.69) is 27.6 Å². The summed E-state index contributed by atoms with van der Waals surface area (Å²) in [6, 6.07) is 5.50. The van der Waals surface area contributed by atoms with Crippen LogP contribution in [0, 0.1) is 11.8 Å². The zero-order valence-electron chi connectivity index (χ0n) is 14.2. The topological polar surface area (TPSA) is 71.8 Å². The predicted octanol–water partition coefficient (Wildman–Crippen LogP) is 3.08. The number of piperidine rings is 1.